The van der Waals surface area contributed by atoms with Gasteiger partial charge in [-0.3, -0.25) is 4.79 Å². The van der Waals surface area contributed by atoms with Crippen molar-refractivity contribution >= 4 is 22.9 Å². The van der Waals surface area contributed by atoms with Crippen LogP contribution in [0.5, 0.6) is 0 Å². The molecule has 0 atom stereocenters. The molecule has 2 aromatic rings. The van der Waals surface area contributed by atoms with Crippen LogP contribution >= 0.6 is 11.3 Å². The van der Waals surface area contributed by atoms with Crippen molar-refractivity contribution in [2.75, 3.05) is 5.32 Å². The van der Waals surface area contributed by atoms with Crippen LogP contribution in [0.4, 0.5) is 5.69 Å². The summed E-state index contributed by atoms with van der Waals surface area (Å²) in [6.45, 7) is 2.00. The summed E-state index contributed by atoms with van der Waals surface area (Å²) < 4.78 is 0. The van der Waals surface area contributed by atoms with Crippen molar-refractivity contribution in [1.29, 1.82) is 0 Å². The van der Waals surface area contributed by atoms with E-state index < -0.39 is 0 Å². The van der Waals surface area contributed by atoms with Crippen LogP contribution in [0, 0.1) is 6.92 Å². The molecule has 0 radical (unpaired) electrons. The van der Waals surface area contributed by atoms with Gasteiger partial charge in [0.25, 0.3) is 0 Å². The number of aryl methyl sites for hydroxylation is 2. The van der Waals surface area contributed by atoms with Crippen LogP contribution in [0.15, 0.2) is 41.8 Å². The molecular formula is C15H17NOS. The molecule has 1 heterocycles. The Balaban J connectivity index is 1.77. The lowest BCUT2D eigenvalue weighted by Gasteiger charge is -2.07. The topological polar surface area (TPSA) is 29.1 Å². The van der Waals surface area contributed by atoms with Crippen LogP contribution in [0.2, 0.25) is 0 Å². The number of rotatable bonds is 5. The van der Waals surface area contributed by atoms with E-state index in [0.29, 0.717) is 6.42 Å². The van der Waals surface area contributed by atoms with E-state index in [9.17, 15) is 4.79 Å². The lowest BCUT2D eigenvalue weighted by molar-refractivity contribution is -0.116. The molecule has 1 aromatic heterocycles. The highest BCUT2D eigenvalue weighted by Gasteiger charge is 2.04. The van der Waals surface area contributed by atoms with Crippen LogP contribution in [0.1, 0.15) is 23.3 Å². The number of amides is 1. The summed E-state index contributed by atoms with van der Waals surface area (Å²) in [6, 6.07) is 12.0. The molecule has 0 saturated heterocycles. The third-order valence-corrected chi connectivity index (χ3v) is 3.76. The number of anilines is 1. The van der Waals surface area contributed by atoms with Crippen LogP contribution in [-0.2, 0) is 11.2 Å². The van der Waals surface area contributed by atoms with Gasteiger partial charge in [0.15, 0.2) is 0 Å². The average Bonchev–Trinajstić information content (AvgIpc) is 2.85. The molecule has 0 aliphatic rings. The highest BCUT2D eigenvalue weighted by atomic mass is 32.1. The molecule has 3 heteroatoms. The van der Waals surface area contributed by atoms with Crippen LogP contribution in [0.25, 0.3) is 0 Å². The first-order valence-electron chi connectivity index (χ1n) is 6.13. The Kier molecular flexibility index (Phi) is 4.53. The molecule has 94 valence electrons. The van der Waals surface area contributed by atoms with Gasteiger partial charge in [-0.25, -0.2) is 0 Å². The molecule has 0 saturated carbocycles. The molecular weight excluding hydrogens is 242 g/mol. The Hall–Kier alpha value is -1.61. The van der Waals surface area contributed by atoms with Crippen molar-refractivity contribution in [3.05, 3.63) is 52.2 Å². The zero-order chi connectivity index (χ0) is 12.8. The molecule has 0 bridgehead atoms. The molecule has 2 nitrogen and oxygen atoms in total. The zero-order valence-electron chi connectivity index (χ0n) is 10.5. The third-order valence-electron chi connectivity index (χ3n) is 2.83. The molecule has 0 unspecified atom stereocenters. The van der Waals surface area contributed by atoms with Gasteiger partial charge in [0.1, 0.15) is 0 Å². The average molecular weight is 259 g/mol. The predicted octanol–water partition coefficient (Wildman–Crippen LogP) is 4.02. The molecule has 0 aliphatic heterocycles. The first-order chi connectivity index (χ1) is 8.75. The smallest absolute Gasteiger partial charge is 0.224 e. The number of hydrogen-bond donors (Lipinski definition) is 1. The highest BCUT2D eigenvalue weighted by molar-refractivity contribution is 7.09. The van der Waals surface area contributed by atoms with Gasteiger partial charge in [-0.2, -0.15) is 0 Å². The summed E-state index contributed by atoms with van der Waals surface area (Å²) in [6.07, 6.45) is 2.46. The Bertz CT molecular complexity index is 505. The summed E-state index contributed by atoms with van der Waals surface area (Å²) in [5, 5.41) is 5.03. The van der Waals surface area contributed by atoms with Crippen molar-refractivity contribution in [3.63, 3.8) is 0 Å². The fraction of sp³-hybridized carbons (Fsp3) is 0.267. The standard InChI is InChI=1S/C15H17NOS/c1-12-6-2-3-9-14(12)16-15(17)10-4-7-13-8-5-11-18-13/h2-3,5-6,8-9,11H,4,7,10H2,1H3,(H,16,17). The molecule has 18 heavy (non-hydrogen) atoms. The molecule has 0 spiro atoms. The van der Waals surface area contributed by atoms with E-state index in [0.717, 1.165) is 24.1 Å². The highest BCUT2D eigenvalue weighted by Crippen LogP contribution is 2.15. The number of carbonyl (C=O) groups excluding carboxylic acids is 1. The molecule has 0 fully saturated rings. The van der Waals surface area contributed by atoms with E-state index >= 15 is 0 Å². The van der Waals surface area contributed by atoms with Gasteiger partial charge < -0.3 is 5.32 Å². The maximum atomic E-state index is 11.8. The van der Waals surface area contributed by atoms with Crippen LogP contribution < -0.4 is 5.32 Å². The normalized spacial score (nSPS) is 10.3. The summed E-state index contributed by atoms with van der Waals surface area (Å²) >= 11 is 1.75. The number of hydrogen-bond acceptors (Lipinski definition) is 2. The SMILES string of the molecule is Cc1ccccc1NC(=O)CCCc1cccs1. The summed E-state index contributed by atoms with van der Waals surface area (Å²) in [5.41, 5.74) is 2.02. The van der Waals surface area contributed by atoms with Gasteiger partial charge in [-0.1, -0.05) is 24.3 Å². The van der Waals surface area contributed by atoms with Crippen LogP contribution in [0.3, 0.4) is 0 Å². The van der Waals surface area contributed by atoms with E-state index in [-0.39, 0.29) is 5.91 Å². The minimum Gasteiger partial charge on any atom is -0.326 e. The maximum Gasteiger partial charge on any atom is 0.224 e. The first kappa shape index (κ1) is 12.8. The minimum atomic E-state index is 0.0980. The predicted molar refractivity (Wildman–Crippen MR) is 77.1 cm³/mol. The van der Waals surface area contributed by atoms with E-state index in [4.69, 9.17) is 0 Å². The minimum absolute atomic E-state index is 0.0980. The second-order valence-corrected chi connectivity index (χ2v) is 5.33. The number of carbonyl (C=O) groups is 1. The second kappa shape index (κ2) is 6.36. The lowest BCUT2D eigenvalue weighted by atomic mass is 10.1. The van der Waals surface area contributed by atoms with Gasteiger partial charge in [0.2, 0.25) is 5.91 Å². The summed E-state index contributed by atoms with van der Waals surface area (Å²) in [5.74, 6) is 0.0980. The van der Waals surface area contributed by atoms with E-state index in [1.807, 2.05) is 37.3 Å². The van der Waals surface area contributed by atoms with Crippen molar-refractivity contribution in [2.45, 2.75) is 26.2 Å². The first-order valence-corrected chi connectivity index (χ1v) is 7.01. The largest absolute Gasteiger partial charge is 0.326 e. The molecule has 0 aliphatic carbocycles. The Labute approximate surface area is 112 Å². The van der Waals surface area contributed by atoms with Gasteiger partial charge in [0.05, 0.1) is 0 Å². The van der Waals surface area contributed by atoms with Crippen molar-refractivity contribution in [2.24, 2.45) is 0 Å². The molecule has 1 aromatic carbocycles. The Morgan fingerprint density at radius 3 is 2.78 bits per heavy atom. The summed E-state index contributed by atoms with van der Waals surface area (Å²) in [7, 11) is 0. The van der Waals surface area contributed by atoms with Gasteiger partial charge in [-0.05, 0) is 42.8 Å². The van der Waals surface area contributed by atoms with E-state index in [1.54, 1.807) is 11.3 Å². The third kappa shape index (κ3) is 3.70. The van der Waals surface area contributed by atoms with Gasteiger partial charge in [0, 0.05) is 17.0 Å². The van der Waals surface area contributed by atoms with Crippen LogP contribution in [-0.4, -0.2) is 5.91 Å². The van der Waals surface area contributed by atoms with Gasteiger partial charge in [-0.15, -0.1) is 11.3 Å². The summed E-state index contributed by atoms with van der Waals surface area (Å²) in [4.78, 5) is 13.1. The molecule has 2 rings (SSSR count). The number of para-hydroxylation sites is 1. The molecule has 1 N–H and O–H groups in total. The lowest BCUT2D eigenvalue weighted by Crippen LogP contribution is -2.12. The Morgan fingerprint density at radius 2 is 2.06 bits per heavy atom. The number of nitrogens with one attached hydrogen (secondary N) is 1. The zero-order valence-corrected chi connectivity index (χ0v) is 11.3. The van der Waals surface area contributed by atoms with E-state index in [1.165, 1.54) is 4.88 Å². The van der Waals surface area contributed by atoms with Crippen molar-refractivity contribution in [3.8, 4) is 0 Å². The Morgan fingerprint density at radius 1 is 1.22 bits per heavy atom. The van der Waals surface area contributed by atoms with Gasteiger partial charge >= 0.3 is 0 Å². The monoisotopic (exact) mass is 259 g/mol. The number of benzene rings is 1. The maximum absolute atomic E-state index is 11.8. The van der Waals surface area contributed by atoms with Crippen molar-refractivity contribution in [1.82, 2.24) is 0 Å². The van der Waals surface area contributed by atoms with Crippen molar-refractivity contribution < 1.29 is 4.79 Å². The second-order valence-electron chi connectivity index (χ2n) is 4.30. The fourth-order valence-electron chi connectivity index (χ4n) is 1.80. The number of thiophene rings is 1. The fourth-order valence-corrected chi connectivity index (χ4v) is 2.56. The molecule has 1 amide bonds. The van der Waals surface area contributed by atoms with E-state index in [2.05, 4.69) is 16.8 Å². The quantitative estimate of drug-likeness (QED) is 0.863.